The minimum atomic E-state index is -3.86. The van der Waals surface area contributed by atoms with E-state index in [4.69, 9.17) is 4.74 Å². The van der Waals surface area contributed by atoms with E-state index in [1.54, 1.807) is 31.2 Å². The van der Waals surface area contributed by atoms with Crippen LogP contribution in [0.15, 0.2) is 51.6 Å². The van der Waals surface area contributed by atoms with Crippen molar-refractivity contribution in [3.63, 3.8) is 0 Å². The Morgan fingerprint density at radius 2 is 1.79 bits per heavy atom. The summed E-state index contributed by atoms with van der Waals surface area (Å²) in [5.74, 6) is 0.539. The number of hydrogen-bond acceptors (Lipinski definition) is 5. The average molecular weight is 433 g/mol. The molecule has 3 aromatic rings. The maximum absolute atomic E-state index is 13.5. The Balaban J connectivity index is 2.19. The fourth-order valence-electron chi connectivity index (χ4n) is 3.34. The first-order valence-corrected chi connectivity index (χ1v) is 11.5. The van der Waals surface area contributed by atoms with Gasteiger partial charge < -0.3 is 14.6 Å². The van der Waals surface area contributed by atoms with Crippen molar-refractivity contribution in [1.29, 1.82) is 0 Å². The van der Waals surface area contributed by atoms with Crippen molar-refractivity contribution in [2.24, 2.45) is 0 Å². The molecule has 0 radical (unpaired) electrons. The summed E-state index contributed by atoms with van der Waals surface area (Å²) < 4.78 is 34.0. The number of methoxy groups -OCH3 is 1. The van der Waals surface area contributed by atoms with Crippen LogP contribution in [0.4, 0.5) is 5.82 Å². The van der Waals surface area contributed by atoms with Gasteiger partial charge in [0, 0.05) is 11.7 Å². The molecule has 0 atom stereocenters. The van der Waals surface area contributed by atoms with Gasteiger partial charge in [-0.1, -0.05) is 6.07 Å². The van der Waals surface area contributed by atoms with E-state index in [-0.39, 0.29) is 21.7 Å². The zero-order valence-corrected chi connectivity index (χ0v) is 18.6. The summed E-state index contributed by atoms with van der Waals surface area (Å²) >= 11 is 1.30. The number of nitrogens with one attached hydrogen (secondary N) is 1. The van der Waals surface area contributed by atoms with E-state index in [0.717, 1.165) is 5.69 Å². The van der Waals surface area contributed by atoms with Gasteiger partial charge >= 0.3 is 0 Å². The van der Waals surface area contributed by atoms with Crippen molar-refractivity contribution in [2.45, 2.75) is 43.5 Å². The van der Waals surface area contributed by atoms with Crippen molar-refractivity contribution in [2.75, 3.05) is 12.4 Å². The molecule has 0 saturated heterocycles. The highest BCUT2D eigenvalue weighted by molar-refractivity contribution is 7.91. The second kappa shape index (κ2) is 8.04. The lowest BCUT2D eigenvalue weighted by molar-refractivity contribution is 0.102. The van der Waals surface area contributed by atoms with Crippen LogP contribution < -0.4 is 10.1 Å². The molecule has 0 aliphatic rings. The third kappa shape index (κ3) is 3.82. The monoisotopic (exact) mass is 432 g/mol. The molecule has 1 N–H and O–H groups in total. The van der Waals surface area contributed by atoms with E-state index < -0.39 is 9.84 Å². The first-order chi connectivity index (χ1) is 13.7. The fraction of sp³-hybridized carbons (Fsp3) is 0.286. The third-order valence-corrected chi connectivity index (χ3v) is 7.63. The number of thiophene rings is 1. The minimum absolute atomic E-state index is 0.0350. The van der Waals surface area contributed by atoms with Crippen molar-refractivity contribution in [3.8, 4) is 5.75 Å². The number of carbonyl (C=O) groups is 1. The van der Waals surface area contributed by atoms with E-state index in [1.165, 1.54) is 30.6 Å². The van der Waals surface area contributed by atoms with Gasteiger partial charge in [-0.25, -0.2) is 8.42 Å². The van der Waals surface area contributed by atoms with Crippen LogP contribution in [0.3, 0.4) is 0 Å². The number of aromatic nitrogens is 1. The molecule has 154 valence electrons. The van der Waals surface area contributed by atoms with Crippen LogP contribution in [-0.2, 0) is 9.84 Å². The molecule has 0 bridgehead atoms. The van der Waals surface area contributed by atoms with Crippen LogP contribution in [0.25, 0.3) is 0 Å². The summed E-state index contributed by atoms with van der Waals surface area (Å²) in [7, 11) is -2.34. The number of anilines is 1. The number of benzene rings is 1. The van der Waals surface area contributed by atoms with Crippen molar-refractivity contribution in [3.05, 3.63) is 57.9 Å². The maximum atomic E-state index is 13.5. The predicted molar refractivity (Wildman–Crippen MR) is 115 cm³/mol. The van der Waals surface area contributed by atoms with Crippen LogP contribution in [0.2, 0.25) is 0 Å². The van der Waals surface area contributed by atoms with Crippen LogP contribution >= 0.6 is 11.3 Å². The van der Waals surface area contributed by atoms with Gasteiger partial charge in [-0.2, -0.15) is 0 Å². The van der Waals surface area contributed by atoms with Crippen LogP contribution in [0, 0.1) is 13.8 Å². The zero-order chi connectivity index (χ0) is 21.3. The summed E-state index contributed by atoms with van der Waals surface area (Å²) in [4.78, 5) is 13.5. The number of ether oxygens (including phenoxy) is 1. The average Bonchev–Trinajstić information content (AvgIpc) is 3.29. The Hall–Kier alpha value is -2.58. The Kier molecular flexibility index (Phi) is 5.86. The van der Waals surface area contributed by atoms with Gasteiger partial charge in [0.15, 0.2) is 0 Å². The summed E-state index contributed by atoms with van der Waals surface area (Å²) in [5.41, 5.74) is 1.42. The van der Waals surface area contributed by atoms with Gasteiger partial charge in [0.25, 0.3) is 5.91 Å². The number of rotatable bonds is 6. The first kappa shape index (κ1) is 21.1. The van der Waals surface area contributed by atoms with Crippen LogP contribution in [0.5, 0.6) is 5.75 Å². The second-order valence-corrected chi connectivity index (χ2v) is 9.80. The van der Waals surface area contributed by atoms with E-state index in [0.29, 0.717) is 22.0 Å². The Bertz CT molecular complexity index is 1130. The van der Waals surface area contributed by atoms with Gasteiger partial charge in [0.1, 0.15) is 16.5 Å². The van der Waals surface area contributed by atoms with Crippen LogP contribution in [0.1, 0.15) is 40.8 Å². The molecule has 0 aliphatic heterocycles. The molecule has 0 aliphatic carbocycles. The summed E-state index contributed by atoms with van der Waals surface area (Å²) in [6.45, 7) is 7.54. The number of amides is 1. The van der Waals surface area contributed by atoms with E-state index in [9.17, 15) is 13.2 Å². The standard InChI is InChI=1S/C21H24N2O4S2/c1-13(2)23-15(4)14(3)19(20(23)22-21(24)18-7-6-12-28-18)29(25,26)17-10-8-16(27-5)9-11-17/h6-13H,1-5H3,(H,22,24). The number of sulfone groups is 1. The Morgan fingerprint density at radius 3 is 2.31 bits per heavy atom. The lowest BCUT2D eigenvalue weighted by Crippen LogP contribution is -2.18. The fourth-order valence-corrected chi connectivity index (χ4v) is 5.64. The highest BCUT2D eigenvalue weighted by Gasteiger charge is 2.31. The van der Waals surface area contributed by atoms with Gasteiger partial charge in [0.2, 0.25) is 9.84 Å². The molecule has 1 amide bonds. The Morgan fingerprint density at radius 1 is 1.14 bits per heavy atom. The van der Waals surface area contributed by atoms with Gasteiger partial charge in [-0.05, 0) is 69.0 Å². The Labute approximate surface area is 175 Å². The minimum Gasteiger partial charge on any atom is -0.497 e. The molecule has 0 fully saturated rings. The second-order valence-electron chi connectivity index (χ2n) is 6.96. The van der Waals surface area contributed by atoms with Gasteiger partial charge in [-0.15, -0.1) is 11.3 Å². The SMILES string of the molecule is COc1ccc(S(=O)(=O)c2c(C)c(C)n(C(C)C)c2NC(=O)c2cccs2)cc1. The molecule has 3 rings (SSSR count). The van der Waals surface area contributed by atoms with E-state index in [2.05, 4.69) is 5.32 Å². The predicted octanol–water partition coefficient (Wildman–Crippen LogP) is 4.84. The number of hydrogen-bond donors (Lipinski definition) is 1. The topological polar surface area (TPSA) is 77.4 Å². The van der Waals surface area contributed by atoms with E-state index in [1.807, 2.05) is 30.7 Å². The van der Waals surface area contributed by atoms with Gasteiger partial charge in [0.05, 0.1) is 16.9 Å². The molecular weight excluding hydrogens is 408 g/mol. The molecule has 0 saturated carbocycles. The van der Waals surface area contributed by atoms with Crippen molar-refractivity contribution < 1.29 is 17.9 Å². The molecule has 2 aromatic heterocycles. The smallest absolute Gasteiger partial charge is 0.266 e. The lowest BCUT2D eigenvalue weighted by Gasteiger charge is -2.17. The molecule has 2 heterocycles. The molecule has 0 unspecified atom stereocenters. The third-order valence-electron chi connectivity index (χ3n) is 4.83. The molecule has 8 heteroatoms. The maximum Gasteiger partial charge on any atom is 0.266 e. The highest BCUT2D eigenvalue weighted by Crippen LogP contribution is 2.38. The molecule has 6 nitrogen and oxygen atoms in total. The molecular formula is C21H24N2O4S2. The molecule has 1 aromatic carbocycles. The summed E-state index contributed by atoms with van der Waals surface area (Å²) in [6, 6.07) is 9.71. The molecule has 0 spiro atoms. The zero-order valence-electron chi connectivity index (χ0n) is 17.0. The number of carbonyl (C=O) groups excluding carboxylic acids is 1. The summed E-state index contributed by atoms with van der Waals surface area (Å²) in [5, 5.41) is 4.66. The first-order valence-electron chi connectivity index (χ1n) is 9.13. The van der Waals surface area contributed by atoms with Crippen molar-refractivity contribution in [1.82, 2.24) is 4.57 Å². The van der Waals surface area contributed by atoms with E-state index >= 15 is 0 Å². The number of nitrogens with zero attached hydrogens (tertiary/aromatic N) is 1. The largest absolute Gasteiger partial charge is 0.497 e. The normalized spacial score (nSPS) is 11.7. The quantitative estimate of drug-likeness (QED) is 0.605. The molecule has 29 heavy (non-hydrogen) atoms. The highest BCUT2D eigenvalue weighted by atomic mass is 32.2. The van der Waals surface area contributed by atoms with Crippen LogP contribution in [-0.4, -0.2) is 26.0 Å². The lowest BCUT2D eigenvalue weighted by atomic mass is 10.3. The van der Waals surface area contributed by atoms with Crippen molar-refractivity contribution >= 4 is 32.9 Å². The van der Waals surface area contributed by atoms with Gasteiger partial charge in [-0.3, -0.25) is 4.79 Å². The summed E-state index contributed by atoms with van der Waals surface area (Å²) in [6.07, 6.45) is 0.